The molecule has 0 bridgehead atoms. The van der Waals surface area contributed by atoms with Crippen LogP contribution in [0.25, 0.3) is 0 Å². The molecule has 1 atom stereocenters. The van der Waals surface area contributed by atoms with E-state index in [1.165, 1.54) is 0 Å². The van der Waals surface area contributed by atoms with Gasteiger partial charge in [-0.25, -0.2) is 9.67 Å². The highest BCUT2D eigenvalue weighted by molar-refractivity contribution is 5.35. The molecule has 0 radical (unpaired) electrons. The first kappa shape index (κ1) is 17.1. The number of aliphatic hydroxyl groups is 1. The first-order chi connectivity index (χ1) is 12.2. The van der Waals surface area contributed by atoms with Gasteiger partial charge in [-0.3, -0.25) is 0 Å². The monoisotopic (exact) mass is 338 g/mol. The van der Waals surface area contributed by atoms with Gasteiger partial charge in [-0.15, -0.1) is 0 Å². The summed E-state index contributed by atoms with van der Waals surface area (Å²) in [5.74, 6) is 2.10. The third-order valence-electron chi connectivity index (χ3n) is 4.03. The van der Waals surface area contributed by atoms with Crippen LogP contribution in [0.4, 0.5) is 0 Å². The van der Waals surface area contributed by atoms with Gasteiger partial charge in [-0.05, 0) is 11.6 Å². The maximum Gasteiger partial charge on any atom is 0.155 e. The van der Waals surface area contributed by atoms with E-state index in [0.717, 1.165) is 16.9 Å². The van der Waals surface area contributed by atoms with Gasteiger partial charge in [0.15, 0.2) is 5.82 Å². The van der Waals surface area contributed by atoms with Crippen LogP contribution in [0.3, 0.4) is 0 Å². The van der Waals surface area contributed by atoms with E-state index >= 15 is 0 Å². The lowest BCUT2D eigenvalue weighted by Gasteiger charge is -2.12. The Labute approximate surface area is 146 Å². The van der Waals surface area contributed by atoms with Crippen LogP contribution < -0.4 is 10.5 Å². The smallest absolute Gasteiger partial charge is 0.155 e. The predicted molar refractivity (Wildman–Crippen MR) is 95.4 cm³/mol. The van der Waals surface area contributed by atoms with Crippen LogP contribution in [-0.4, -0.2) is 33.6 Å². The van der Waals surface area contributed by atoms with Gasteiger partial charge in [0.05, 0.1) is 26.3 Å². The summed E-state index contributed by atoms with van der Waals surface area (Å²) in [5.41, 5.74) is 8.34. The van der Waals surface area contributed by atoms with E-state index in [1.807, 2.05) is 54.6 Å². The van der Waals surface area contributed by atoms with Crippen LogP contribution in [0.1, 0.15) is 28.8 Å². The second-order valence-corrected chi connectivity index (χ2v) is 5.71. The molecule has 3 N–H and O–H groups in total. The fraction of sp³-hybridized carbons (Fsp3) is 0.263. The van der Waals surface area contributed by atoms with Crippen molar-refractivity contribution in [3.63, 3.8) is 0 Å². The SMILES string of the molecule is COc1ccccc1Cc1nc([C@@H](N)c2ccccc2)n(CCO)n1. The highest BCUT2D eigenvalue weighted by Gasteiger charge is 2.19. The van der Waals surface area contributed by atoms with E-state index in [-0.39, 0.29) is 6.61 Å². The topological polar surface area (TPSA) is 86.2 Å². The van der Waals surface area contributed by atoms with Gasteiger partial charge in [0.1, 0.15) is 11.6 Å². The molecule has 6 heteroatoms. The Morgan fingerprint density at radius 2 is 1.84 bits per heavy atom. The Bertz CT molecular complexity index is 817. The maximum absolute atomic E-state index is 9.33. The number of aliphatic hydroxyl groups excluding tert-OH is 1. The molecule has 6 nitrogen and oxygen atoms in total. The Kier molecular flexibility index (Phi) is 5.42. The fourth-order valence-electron chi connectivity index (χ4n) is 2.80. The number of hydrogen-bond acceptors (Lipinski definition) is 5. The normalized spacial score (nSPS) is 12.1. The van der Waals surface area contributed by atoms with Crippen LogP contribution in [0.2, 0.25) is 0 Å². The summed E-state index contributed by atoms with van der Waals surface area (Å²) >= 11 is 0. The lowest BCUT2D eigenvalue weighted by molar-refractivity contribution is 0.266. The van der Waals surface area contributed by atoms with Crippen LogP contribution in [0, 0.1) is 0 Å². The van der Waals surface area contributed by atoms with Gasteiger partial charge in [0, 0.05) is 12.0 Å². The molecule has 0 aliphatic heterocycles. The maximum atomic E-state index is 9.33. The summed E-state index contributed by atoms with van der Waals surface area (Å²) in [6, 6.07) is 17.1. The average Bonchev–Trinajstić information content (AvgIpc) is 3.05. The zero-order chi connectivity index (χ0) is 17.6. The van der Waals surface area contributed by atoms with Crippen molar-refractivity contribution in [2.45, 2.75) is 19.0 Å². The van der Waals surface area contributed by atoms with Crippen molar-refractivity contribution in [2.75, 3.05) is 13.7 Å². The van der Waals surface area contributed by atoms with Crippen molar-refractivity contribution < 1.29 is 9.84 Å². The van der Waals surface area contributed by atoms with Gasteiger partial charge < -0.3 is 15.6 Å². The lowest BCUT2D eigenvalue weighted by atomic mass is 10.1. The van der Waals surface area contributed by atoms with Crippen LogP contribution in [-0.2, 0) is 13.0 Å². The lowest BCUT2D eigenvalue weighted by Crippen LogP contribution is -2.19. The molecule has 0 saturated carbocycles. The molecule has 0 fully saturated rings. The number of ether oxygens (including phenoxy) is 1. The highest BCUT2D eigenvalue weighted by atomic mass is 16.5. The molecule has 0 aliphatic rings. The number of para-hydroxylation sites is 1. The van der Waals surface area contributed by atoms with Crippen molar-refractivity contribution in [1.29, 1.82) is 0 Å². The summed E-state index contributed by atoms with van der Waals surface area (Å²) < 4.78 is 7.07. The molecule has 3 rings (SSSR count). The Balaban J connectivity index is 1.92. The minimum atomic E-state index is -0.397. The van der Waals surface area contributed by atoms with Gasteiger partial charge in [-0.1, -0.05) is 48.5 Å². The van der Waals surface area contributed by atoms with Gasteiger partial charge >= 0.3 is 0 Å². The molecule has 1 heterocycles. The van der Waals surface area contributed by atoms with E-state index < -0.39 is 6.04 Å². The van der Waals surface area contributed by atoms with E-state index in [1.54, 1.807) is 11.8 Å². The second kappa shape index (κ2) is 7.92. The molecule has 2 aromatic carbocycles. The molecule has 25 heavy (non-hydrogen) atoms. The molecule has 0 aliphatic carbocycles. The average molecular weight is 338 g/mol. The van der Waals surface area contributed by atoms with Crippen molar-refractivity contribution in [1.82, 2.24) is 14.8 Å². The molecule has 0 unspecified atom stereocenters. The minimum Gasteiger partial charge on any atom is -0.496 e. The summed E-state index contributed by atoms with van der Waals surface area (Å²) in [4.78, 5) is 4.64. The molecular weight excluding hydrogens is 316 g/mol. The Morgan fingerprint density at radius 1 is 1.12 bits per heavy atom. The standard InChI is InChI=1S/C19H22N4O2/c1-25-16-10-6-5-9-15(16)13-17-21-19(23(22-17)11-12-24)18(20)14-7-3-2-4-8-14/h2-10,18,24H,11-13,20H2,1H3/t18-/m0/s1. The van der Waals surface area contributed by atoms with Gasteiger partial charge in [0.25, 0.3) is 0 Å². The molecular formula is C19H22N4O2. The summed E-state index contributed by atoms with van der Waals surface area (Å²) in [6.07, 6.45) is 0.539. The highest BCUT2D eigenvalue weighted by Crippen LogP contribution is 2.22. The van der Waals surface area contributed by atoms with Crippen molar-refractivity contribution in [3.05, 3.63) is 77.4 Å². The zero-order valence-corrected chi connectivity index (χ0v) is 14.2. The molecule has 0 amide bonds. The van der Waals surface area contributed by atoms with E-state index in [0.29, 0.717) is 24.6 Å². The van der Waals surface area contributed by atoms with Crippen molar-refractivity contribution in [3.8, 4) is 5.75 Å². The third-order valence-corrected chi connectivity index (χ3v) is 4.03. The second-order valence-electron chi connectivity index (χ2n) is 5.71. The number of aromatic nitrogens is 3. The molecule has 0 saturated heterocycles. The number of rotatable bonds is 7. The van der Waals surface area contributed by atoms with E-state index in [2.05, 4.69) is 10.1 Å². The number of methoxy groups -OCH3 is 1. The summed E-state index contributed by atoms with van der Waals surface area (Å²) in [7, 11) is 1.65. The van der Waals surface area contributed by atoms with Gasteiger partial charge in [0.2, 0.25) is 0 Å². The summed E-state index contributed by atoms with van der Waals surface area (Å²) in [5, 5.41) is 13.9. The van der Waals surface area contributed by atoms with E-state index in [4.69, 9.17) is 10.5 Å². The van der Waals surface area contributed by atoms with Crippen molar-refractivity contribution >= 4 is 0 Å². The minimum absolute atomic E-state index is 0.0219. The third kappa shape index (κ3) is 3.87. The van der Waals surface area contributed by atoms with Crippen LogP contribution in [0.15, 0.2) is 54.6 Å². The number of nitrogens with two attached hydrogens (primary N) is 1. The number of benzene rings is 2. The van der Waals surface area contributed by atoms with Crippen LogP contribution in [0.5, 0.6) is 5.75 Å². The first-order valence-electron chi connectivity index (χ1n) is 8.20. The number of hydrogen-bond donors (Lipinski definition) is 2. The molecule has 3 aromatic rings. The van der Waals surface area contributed by atoms with Gasteiger partial charge in [-0.2, -0.15) is 5.10 Å². The van der Waals surface area contributed by atoms with Crippen LogP contribution >= 0.6 is 0 Å². The summed E-state index contributed by atoms with van der Waals surface area (Å²) in [6.45, 7) is 0.334. The molecule has 1 aromatic heterocycles. The molecule has 0 spiro atoms. The van der Waals surface area contributed by atoms with E-state index in [9.17, 15) is 5.11 Å². The number of nitrogens with zero attached hydrogens (tertiary/aromatic N) is 3. The fourth-order valence-corrected chi connectivity index (χ4v) is 2.80. The quantitative estimate of drug-likeness (QED) is 0.687. The largest absolute Gasteiger partial charge is 0.496 e. The zero-order valence-electron chi connectivity index (χ0n) is 14.2. The molecule has 130 valence electrons. The first-order valence-corrected chi connectivity index (χ1v) is 8.20. The Hall–Kier alpha value is -2.70. The predicted octanol–water partition coefficient (Wildman–Crippen LogP) is 1.92. The van der Waals surface area contributed by atoms with Crippen molar-refractivity contribution in [2.24, 2.45) is 5.73 Å². The Morgan fingerprint density at radius 3 is 2.56 bits per heavy atom.